The molecule has 1 fully saturated rings. The summed E-state index contributed by atoms with van der Waals surface area (Å²) in [4.78, 5) is 4.18. The van der Waals surface area contributed by atoms with Crippen LogP contribution in [0.5, 0.6) is 0 Å². The molecule has 2 heterocycles. The molecule has 0 aromatic carbocycles. The maximum absolute atomic E-state index is 5.55. The molecule has 1 N–H and O–H groups in total. The second kappa shape index (κ2) is 6.00. The quantitative estimate of drug-likeness (QED) is 0.814. The molecule has 20 heavy (non-hydrogen) atoms. The van der Waals surface area contributed by atoms with Crippen molar-refractivity contribution in [3.05, 3.63) is 17.6 Å². The Hall–Kier alpha value is -1.96. The van der Waals surface area contributed by atoms with Crippen molar-refractivity contribution in [1.82, 2.24) is 20.3 Å². The van der Waals surface area contributed by atoms with Crippen molar-refractivity contribution >= 4 is 6.01 Å². The lowest BCUT2D eigenvalue weighted by atomic mass is 9.85. The Morgan fingerprint density at radius 1 is 1.35 bits per heavy atom. The van der Waals surface area contributed by atoms with Gasteiger partial charge in [0.05, 0.1) is 0 Å². The summed E-state index contributed by atoms with van der Waals surface area (Å²) in [5.41, 5.74) is 0. The van der Waals surface area contributed by atoms with Crippen molar-refractivity contribution in [3.63, 3.8) is 0 Å². The van der Waals surface area contributed by atoms with E-state index in [-0.39, 0.29) is 0 Å². The highest BCUT2D eigenvalue weighted by atomic mass is 16.5. The van der Waals surface area contributed by atoms with E-state index in [2.05, 4.69) is 25.7 Å². The number of rotatable bonds is 7. The molecule has 1 aliphatic carbocycles. The van der Waals surface area contributed by atoms with Crippen molar-refractivity contribution in [2.75, 3.05) is 19.0 Å². The Labute approximate surface area is 115 Å². The zero-order chi connectivity index (χ0) is 13.8. The van der Waals surface area contributed by atoms with Crippen LogP contribution >= 0.6 is 0 Å². The summed E-state index contributed by atoms with van der Waals surface area (Å²) in [7, 11) is 1.59. The zero-order valence-electron chi connectivity index (χ0n) is 11.3. The van der Waals surface area contributed by atoms with Crippen LogP contribution in [-0.4, -0.2) is 34.0 Å². The Kier molecular flexibility index (Phi) is 3.91. The highest BCUT2D eigenvalue weighted by Crippen LogP contribution is 2.35. The van der Waals surface area contributed by atoms with Gasteiger partial charge < -0.3 is 19.0 Å². The summed E-state index contributed by atoms with van der Waals surface area (Å²) in [5, 5.41) is 14.9. The molecule has 0 atom stereocenters. The van der Waals surface area contributed by atoms with E-state index in [0.717, 1.165) is 18.7 Å². The Morgan fingerprint density at radius 2 is 2.25 bits per heavy atom. The van der Waals surface area contributed by atoms with Crippen LogP contribution in [0.25, 0.3) is 0 Å². The summed E-state index contributed by atoms with van der Waals surface area (Å²) in [6.07, 6.45) is 4.13. The van der Waals surface area contributed by atoms with E-state index in [9.17, 15) is 0 Å². The smallest absolute Gasteiger partial charge is 0.315 e. The van der Waals surface area contributed by atoms with Crippen LogP contribution in [0, 0.1) is 0 Å². The number of aromatic nitrogens is 4. The highest BCUT2D eigenvalue weighted by Gasteiger charge is 2.25. The largest absolute Gasteiger partial charge is 0.408 e. The third-order valence-electron chi connectivity index (χ3n) is 3.29. The van der Waals surface area contributed by atoms with Crippen molar-refractivity contribution in [3.8, 4) is 0 Å². The van der Waals surface area contributed by atoms with Crippen LogP contribution in [0.4, 0.5) is 6.01 Å². The monoisotopic (exact) mass is 279 g/mol. The normalized spacial score (nSPS) is 15.2. The van der Waals surface area contributed by atoms with E-state index in [1.807, 2.05) is 0 Å². The van der Waals surface area contributed by atoms with Gasteiger partial charge in [-0.15, -0.1) is 5.10 Å². The number of anilines is 1. The number of ether oxygens (including phenoxy) is 1. The second-order valence-corrected chi connectivity index (χ2v) is 4.79. The molecule has 3 rings (SSSR count). The van der Waals surface area contributed by atoms with Crippen LogP contribution < -0.4 is 5.32 Å². The summed E-state index contributed by atoms with van der Waals surface area (Å²) in [6.45, 7) is 0.951. The minimum Gasteiger partial charge on any atom is -0.408 e. The predicted molar refractivity (Wildman–Crippen MR) is 68.1 cm³/mol. The summed E-state index contributed by atoms with van der Waals surface area (Å²) in [6, 6.07) is 0.448. The van der Waals surface area contributed by atoms with E-state index in [0.29, 0.717) is 43.2 Å². The van der Waals surface area contributed by atoms with Crippen molar-refractivity contribution in [2.24, 2.45) is 0 Å². The molecule has 0 saturated heterocycles. The van der Waals surface area contributed by atoms with Gasteiger partial charge in [0.1, 0.15) is 6.61 Å². The molecular formula is C12H17N5O3. The molecule has 2 aromatic heterocycles. The van der Waals surface area contributed by atoms with Crippen LogP contribution in [0.15, 0.2) is 8.94 Å². The molecule has 0 aliphatic heterocycles. The molecule has 1 saturated carbocycles. The van der Waals surface area contributed by atoms with Gasteiger partial charge in [-0.25, -0.2) is 0 Å². The lowest BCUT2D eigenvalue weighted by Crippen LogP contribution is -2.08. The highest BCUT2D eigenvalue weighted by molar-refractivity contribution is 5.18. The Morgan fingerprint density at radius 3 is 3.00 bits per heavy atom. The average molecular weight is 279 g/mol. The minimum absolute atomic E-state index is 0.353. The first-order chi connectivity index (χ1) is 9.85. The molecule has 1 aliphatic rings. The number of hydrogen-bond donors (Lipinski definition) is 1. The standard InChI is InChI=1S/C12H17N5O3/c1-18-7-9-14-10(20-17-9)5-6-13-12-16-15-11(19-12)8-3-2-4-8/h8H,2-7H2,1H3,(H,13,16). The lowest BCUT2D eigenvalue weighted by Gasteiger charge is -2.20. The van der Waals surface area contributed by atoms with Gasteiger partial charge >= 0.3 is 6.01 Å². The number of methoxy groups -OCH3 is 1. The Balaban J connectivity index is 1.45. The first-order valence-corrected chi connectivity index (χ1v) is 6.73. The molecular weight excluding hydrogens is 262 g/mol. The van der Waals surface area contributed by atoms with Crippen LogP contribution in [-0.2, 0) is 17.8 Å². The summed E-state index contributed by atoms with van der Waals surface area (Å²) >= 11 is 0. The number of nitrogens with one attached hydrogen (secondary N) is 1. The molecule has 0 spiro atoms. The van der Waals surface area contributed by atoms with Gasteiger partial charge in [-0.05, 0) is 12.8 Å². The first-order valence-electron chi connectivity index (χ1n) is 6.73. The van der Waals surface area contributed by atoms with Gasteiger partial charge in [0.15, 0.2) is 5.82 Å². The van der Waals surface area contributed by atoms with Crippen molar-refractivity contribution < 1.29 is 13.7 Å². The van der Waals surface area contributed by atoms with Gasteiger partial charge in [0.2, 0.25) is 11.8 Å². The Bertz CT molecular complexity index is 549. The van der Waals surface area contributed by atoms with Gasteiger partial charge in [0, 0.05) is 26.0 Å². The van der Waals surface area contributed by atoms with Crippen LogP contribution in [0.2, 0.25) is 0 Å². The zero-order valence-corrected chi connectivity index (χ0v) is 11.3. The minimum atomic E-state index is 0.353. The van der Waals surface area contributed by atoms with E-state index in [1.165, 1.54) is 6.42 Å². The van der Waals surface area contributed by atoms with Gasteiger partial charge in [-0.3, -0.25) is 0 Å². The van der Waals surface area contributed by atoms with Gasteiger partial charge in [0.25, 0.3) is 0 Å². The first kappa shape index (κ1) is 13.0. The molecule has 8 heteroatoms. The molecule has 0 radical (unpaired) electrons. The van der Waals surface area contributed by atoms with Gasteiger partial charge in [-0.2, -0.15) is 4.98 Å². The fourth-order valence-electron chi connectivity index (χ4n) is 1.98. The fourth-order valence-corrected chi connectivity index (χ4v) is 1.98. The topological polar surface area (TPSA) is 99.1 Å². The molecule has 0 unspecified atom stereocenters. The van der Waals surface area contributed by atoms with Crippen LogP contribution in [0.3, 0.4) is 0 Å². The average Bonchev–Trinajstić information content (AvgIpc) is 2.98. The second-order valence-electron chi connectivity index (χ2n) is 4.79. The fraction of sp³-hybridized carbons (Fsp3) is 0.667. The van der Waals surface area contributed by atoms with Crippen LogP contribution in [0.1, 0.15) is 42.8 Å². The van der Waals surface area contributed by atoms with E-state index < -0.39 is 0 Å². The predicted octanol–water partition coefficient (Wildman–Crippen LogP) is 1.52. The van der Waals surface area contributed by atoms with Crippen molar-refractivity contribution in [1.29, 1.82) is 0 Å². The van der Waals surface area contributed by atoms with Crippen molar-refractivity contribution in [2.45, 2.75) is 38.2 Å². The third-order valence-corrected chi connectivity index (χ3v) is 3.29. The summed E-state index contributed by atoms with van der Waals surface area (Å²) < 4.78 is 15.5. The molecule has 0 amide bonds. The summed E-state index contributed by atoms with van der Waals surface area (Å²) in [5.74, 6) is 2.29. The maximum Gasteiger partial charge on any atom is 0.315 e. The molecule has 108 valence electrons. The lowest BCUT2D eigenvalue weighted by molar-refractivity contribution is 0.174. The maximum atomic E-state index is 5.55. The molecule has 2 aromatic rings. The van der Waals surface area contributed by atoms with E-state index in [4.69, 9.17) is 13.7 Å². The molecule has 0 bridgehead atoms. The van der Waals surface area contributed by atoms with E-state index >= 15 is 0 Å². The number of nitrogens with zero attached hydrogens (tertiary/aromatic N) is 4. The SMILES string of the molecule is COCc1noc(CCNc2nnc(C3CCC3)o2)n1. The van der Waals surface area contributed by atoms with Gasteiger partial charge in [-0.1, -0.05) is 16.7 Å². The molecule has 8 nitrogen and oxygen atoms in total. The third kappa shape index (κ3) is 2.96. The van der Waals surface area contributed by atoms with E-state index in [1.54, 1.807) is 7.11 Å². The number of hydrogen-bond acceptors (Lipinski definition) is 8.